The number of amides is 1. The summed E-state index contributed by atoms with van der Waals surface area (Å²) >= 11 is 6.14. The van der Waals surface area contributed by atoms with Crippen LogP contribution in [0.5, 0.6) is 11.5 Å². The average molecular weight is 430 g/mol. The second kappa shape index (κ2) is 9.22. The number of aliphatic hydroxyl groups is 1. The zero-order valence-electron chi connectivity index (χ0n) is 17.1. The number of likely N-dealkylation sites (tertiary alicyclic amines) is 1. The summed E-state index contributed by atoms with van der Waals surface area (Å²) in [6.45, 7) is 4.54. The molecule has 3 rings (SSSR count). The van der Waals surface area contributed by atoms with Crippen LogP contribution >= 0.6 is 11.6 Å². The van der Waals surface area contributed by atoms with Gasteiger partial charge >= 0.3 is 0 Å². The number of nitrogens with zero attached hydrogens (tertiary/aromatic N) is 1. The van der Waals surface area contributed by atoms with Crippen LogP contribution in [0, 0.1) is 0 Å². The third-order valence-electron chi connectivity index (χ3n) is 4.94. The van der Waals surface area contributed by atoms with E-state index in [4.69, 9.17) is 21.1 Å². The summed E-state index contributed by atoms with van der Waals surface area (Å²) in [4.78, 5) is 27.1. The summed E-state index contributed by atoms with van der Waals surface area (Å²) in [5.74, 6) is -0.546. The van der Waals surface area contributed by atoms with Crippen molar-refractivity contribution in [3.8, 4) is 11.5 Å². The van der Waals surface area contributed by atoms with E-state index in [1.807, 2.05) is 13.8 Å². The number of halogens is 1. The molecule has 1 aliphatic heterocycles. The van der Waals surface area contributed by atoms with Crippen LogP contribution in [0.3, 0.4) is 0 Å². The first kappa shape index (κ1) is 21.7. The molecule has 0 saturated carbocycles. The van der Waals surface area contributed by atoms with Gasteiger partial charge in [-0.3, -0.25) is 9.59 Å². The monoisotopic (exact) mass is 429 g/mol. The Hall–Kier alpha value is -2.99. The highest BCUT2D eigenvalue weighted by molar-refractivity contribution is 6.46. The topological polar surface area (TPSA) is 76.1 Å². The molecule has 7 heteroatoms. The summed E-state index contributed by atoms with van der Waals surface area (Å²) < 4.78 is 10.7. The summed E-state index contributed by atoms with van der Waals surface area (Å²) in [5, 5.41) is 11.5. The lowest BCUT2D eigenvalue weighted by Crippen LogP contribution is -2.30. The maximum Gasteiger partial charge on any atom is 0.295 e. The number of rotatable bonds is 7. The summed E-state index contributed by atoms with van der Waals surface area (Å²) in [7, 11) is 1.56. The molecular formula is C23H24ClNO5. The summed E-state index contributed by atoms with van der Waals surface area (Å²) in [6.07, 6.45) is 0.676. The van der Waals surface area contributed by atoms with Crippen LogP contribution < -0.4 is 9.47 Å². The number of methoxy groups -OCH3 is 1. The van der Waals surface area contributed by atoms with Gasteiger partial charge in [-0.15, -0.1) is 0 Å². The van der Waals surface area contributed by atoms with Gasteiger partial charge in [-0.05, 0) is 49.2 Å². The van der Waals surface area contributed by atoms with E-state index >= 15 is 0 Å². The molecule has 158 valence electrons. The van der Waals surface area contributed by atoms with Gasteiger partial charge in [0, 0.05) is 12.1 Å². The zero-order valence-corrected chi connectivity index (χ0v) is 17.9. The fourth-order valence-electron chi connectivity index (χ4n) is 3.56. The van der Waals surface area contributed by atoms with Crippen molar-refractivity contribution in [2.45, 2.75) is 26.3 Å². The van der Waals surface area contributed by atoms with Crippen LogP contribution in [0.25, 0.3) is 5.76 Å². The van der Waals surface area contributed by atoms with Crippen LogP contribution in [0.4, 0.5) is 0 Å². The molecule has 1 N–H and O–H groups in total. The fraction of sp³-hybridized carbons (Fsp3) is 0.304. The standard InChI is InChI=1S/C23H24ClNO5/c1-4-12-25-20(14-6-9-16(29-3)10-7-14)19(22(27)23(25)28)21(26)15-8-11-17(24)18(13-15)30-5-2/h6-11,13,20,26H,4-5,12H2,1-3H3/b21-19-. The largest absolute Gasteiger partial charge is 0.507 e. The quantitative estimate of drug-likeness (QED) is 0.396. The summed E-state index contributed by atoms with van der Waals surface area (Å²) in [6, 6.07) is 11.2. The Bertz CT molecular complexity index is 984. The molecule has 1 saturated heterocycles. The second-order valence-corrected chi connectivity index (χ2v) is 7.25. The number of Topliss-reactive ketones (excluding diaryl/α,β-unsaturated/α-hetero) is 1. The molecular weight excluding hydrogens is 406 g/mol. The molecule has 2 aromatic carbocycles. The van der Waals surface area contributed by atoms with Gasteiger partial charge in [-0.25, -0.2) is 0 Å². The van der Waals surface area contributed by atoms with Crippen LogP contribution in [-0.4, -0.2) is 42.0 Å². The van der Waals surface area contributed by atoms with E-state index in [0.717, 1.165) is 0 Å². The van der Waals surface area contributed by atoms with Crippen LogP contribution in [0.2, 0.25) is 5.02 Å². The summed E-state index contributed by atoms with van der Waals surface area (Å²) in [5.41, 5.74) is 1.11. The minimum absolute atomic E-state index is 0.0448. The smallest absolute Gasteiger partial charge is 0.295 e. The third kappa shape index (κ3) is 4.00. The van der Waals surface area contributed by atoms with Gasteiger partial charge in [-0.2, -0.15) is 0 Å². The normalized spacial score (nSPS) is 18.0. The van der Waals surface area contributed by atoms with E-state index in [1.165, 1.54) is 4.90 Å². The lowest BCUT2D eigenvalue weighted by molar-refractivity contribution is -0.139. The number of ketones is 1. The average Bonchev–Trinajstić information content (AvgIpc) is 3.00. The first-order valence-corrected chi connectivity index (χ1v) is 10.2. The number of hydrogen-bond donors (Lipinski definition) is 1. The zero-order chi connectivity index (χ0) is 21.8. The van der Waals surface area contributed by atoms with Crippen LogP contribution in [-0.2, 0) is 9.59 Å². The van der Waals surface area contributed by atoms with Gasteiger partial charge in [0.1, 0.15) is 17.3 Å². The number of benzene rings is 2. The lowest BCUT2D eigenvalue weighted by atomic mass is 9.95. The Labute approximate surface area is 180 Å². The number of ether oxygens (including phenoxy) is 2. The van der Waals surface area contributed by atoms with Crippen molar-refractivity contribution in [1.82, 2.24) is 4.90 Å². The molecule has 0 spiro atoms. The molecule has 1 unspecified atom stereocenters. The molecule has 30 heavy (non-hydrogen) atoms. The van der Waals surface area contributed by atoms with Crippen molar-refractivity contribution in [2.24, 2.45) is 0 Å². The van der Waals surface area contributed by atoms with Crippen LogP contribution in [0.1, 0.15) is 37.4 Å². The van der Waals surface area contributed by atoms with Crippen molar-refractivity contribution in [3.05, 3.63) is 64.2 Å². The van der Waals surface area contributed by atoms with Gasteiger partial charge in [0.15, 0.2) is 0 Å². The first-order valence-electron chi connectivity index (χ1n) is 9.78. The van der Waals surface area contributed by atoms with Crippen molar-refractivity contribution >= 4 is 29.1 Å². The van der Waals surface area contributed by atoms with E-state index < -0.39 is 17.7 Å². The number of hydrogen-bond acceptors (Lipinski definition) is 5. The maximum atomic E-state index is 12.9. The molecule has 2 aromatic rings. The minimum atomic E-state index is -0.713. The van der Waals surface area contributed by atoms with Crippen LogP contribution in [0.15, 0.2) is 48.0 Å². The highest BCUT2D eigenvalue weighted by atomic mass is 35.5. The van der Waals surface area contributed by atoms with Crippen molar-refractivity contribution < 1.29 is 24.2 Å². The first-order chi connectivity index (χ1) is 14.4. The van der Waals surface area contributed by atoms with E-state index in [9.17, 15) is 14.7 Å². The van der Waals surface area contributed by atoms with E-state index in [1.54, 1.807) is 49.6 Å². The number of aliphatic hydroxyl groups excluding tert-OH is 1. The minimum Gasteiger partial charge on any atom is -0.507 e. The van der Waals surface area contributed by atoms with Gasteiger partial charge < -0.3 is 19.5 Å². The Morgan fingerprint density at radius 3 is 2.43 bits per heavy atom. The van der Waals surface area contributed by atoms with Gasteiger partial charge in [0.05, 0.1) is 30.4 Å². The van der Waals surface area contributed by atoms with E-state index in [0.29, 0.717) is 47.2 Å². The number of carbonyl (C=O) groups is 2. The van der Waals surface area contributed by atoms with Crippen molar-refractivity contribution in [2.75, 3.05) is 20.3 Å². The molecule has 0 aliphatic carbocycles. The molecule has 0 radical (unpaired) electrons. The molecule has 1 fully saturated rings. The Morgan fingerprint density at radius 1 is 1.13 bits per heavy atom. The molecule has 0 aromatic heterocycles. The highest BCUT2D eigenvalue weighted by Crippen LogP contribution is 2.40. The SMILES string of the molecule is CCCN1C(=O)C(=O)/C(=C(\O)c2ccc(Cl)c(OCC)c2)C1c1ccc(OC)cc1. The maximum absolute atomic E-state index is 12.9. The predicted molar refractivity (Wildman–Crippen MR) is 115 cm³/mol. The number of carbonyl (C=O) groups excluding carboxylic acids is 2. The second-order valence-electron chi connectivity index (χ2n) is 6.84. The molecule has 1 atom stereocenters. The van der Waals surface area contributed by atoms with Gasteiger partial charge in [0.2, 0.25) is 0 Å². The van der Waals surface area contributed by atoms with Crippen molar-refractivity contribution in [1.29, 1.82) is 0 Å². The Balaban J connectivity index is 2.16. The predicted octanol–water partition coefficient (Wildman–Crippen LogP) is 4.58. The lowest BCUT2D eigenvalue weighted by Gasteiger charge is -2.25. The highest BCUT2D eigenvalue weighted by Gasteiger charge is 2.45. The van der Waals surface area contributed by atoms with Gasteiger partial charge in [0.25, 0.3) is 11.7 Å². The molecule has 6 nitrogen and oxygen atoms in total. The molecule has 0 bridgehead atoms. The third-order valence-corrected chi connectivity index (χ3v) is 5.25. The molecule has 1 amide bonds. The fourth-order valence-corrected chi connectivity index (χ4v) is 3.73. The molecule has 1 heterocycles. The van der Waals surface area contributed by atoms with Crippen molar-refractivity contribution in [3.63, 3.8) is 0 Å². The Kier molecular flexibility index (Phi) is 6.67. The van der Waals surface area contributed by atoms with E-state index in [-0.39, 0.29) is 11.3 Å². The Morgan fingerprint density at radius 2 is 1.83 bits per heavy atom. The van der Waals surface area contributed by atoms with Gasteiger partial charge in [-0.1, -0.05) is 30.7 Å². The van der Waals surface area contributed by atoms with E-state index in [2.05, 4.69) is 0 Å². The molecule has 1 aliphatic rings.